The van der Waals surface area contributed by atoms with Gasteiger partial charge in [0.25, 0.3) is 0 Å². The van der Waals surface area contributed by atoms with Crippen molar-refractivity contribution in [3.05, 3.63) is 25.3 Å². The number of hydrogen-bond donors (Lipinski definition) is 0. The number of rotatable bonds is 12. The predicted molar refractivity (Wildman–Crippen MR) is 107 cm³/mol. The molecular weight excluding hydrogens is 308 g/mol. The van der Waals surface area contributed by atoms with E-state index in [1.807, 2.05) is 12.2 Å². The second kappa shape index (κ2) is 12.7. The molecule has 0 N–H and O–H groups in total. The highest BCUT2D eigenvalue weighted by Gasteiger charge is 2.22. The molecule has 25 heavy (non-hydrogen) atoms. The Labute approximate surface area is 156 Å². The van der Waals surface area contributed by atoms with Gasteiger partial charge in [-0.15, -0.1) is 13.2 Å². The van der Waals surface area contributed by atoms with Gasteiger partial charge in [0.2, 0.25) is 0 Å². The van der Waals surface area contributed by atoms with Crippen LogP contribution in [0, 0.1) is 11.8 Å². The summed E-state index contributed by atoms with van der Waals surface area (Å²) in [7, 11) is 0. The predicted octanol–water partition coefficient (Wildman–Crippen LogP) is 6.46. The highest BCUT2D eigenvalue weighted by molar-refractivity contribution is 4.76. The van der Waals surface area contributed by atoms with E-state index in [4.69, 9.17) is 9.47 Å². The fraction of sp³-hybridized carbons (Fsp3) is 0.826. The minimum atomic E-state index is 0.500. The average molecular weight is 349 g/mol. The van der Waals surface area contributed by atoms with E-state index in [1.165, 1.54) is 83.5 Å². The van der Waals surface area contributed by atoms with Crippen LogP contribution in [0.3, 0.4) is 0 Å². The summed E-state index contributed by atoms with van der Waals surface area (Å²) in [5.41, 5.74) is 0. The zero-order valence-corrected chi connectivity index (χ0v) is 16.3. The normalized spacial score (nSPS) is 30.1. The molecule has 0 bridgehead atoms. The van der Waals surface area contributed by atoms with Crippen LogP contribution in [0.1, 0.15) is 83.5 Å². The third-order valence-corrected chi connectivity index (χ3v) is 6.21. The van der Waals surface area contributed by atoms with Crippen LogP contribution >= 0.6 is 0 Å². The smallest absolute Gasteiger partial charge is 0.0648 e. The summed E-state index contributed by atoms with van der Waals surface area (Å²) in [6, 6.07) is 0. The molecule has 0 unspecified atom stereocenters. The van der Waals surface area contributed by atoms with Gasteiger partial charge >= 0.3 is 0 Å². The van der Waals surface area contributed by atoms with Gasteiger partial charge < -0.3 is 9.47 Å². The lowest BCUT2D eigenvalue weighted by Crippen LogP contribution is -2.22. The van der Waals surface area contributed by atoms with Gasteiger partial charge in [0.1, 0.15) is 0 Å². The molecule has 0 aromatic carbocycles. The van der Waals surface area contributed by atoms with E-state index in [2.05, 4.69) is 13.2 Å². The summed E-state index contributed by atoms with van der Waals surface area (Å²) in [6.07, 6.45) is 22.4. The minimum Gasteiger partial charge on any atom is -0.374 e. The summed E-state index contributed by atoms with van der Waals surface area (Å²) in [4.78, 5) is 0. The van der Waals surface area contributed by atoms with Gasteiger partial charge in [0.15, 0.2) is 0 Å². The highest BCUT2D eigenvalue weighted by Crippen LogP contribution is 2.32. The molecule has 0 aliphatic heterocycles. The van der Waals surface area contributed by atoms with Gasteiger partial charge in [0.05, 0.1) is 25.4 Å². The van der Waals surface area contributed by atoms with Crippen molar-refractivity contribution in [1.82, 2.24) is 0 Å². The molecular formula is C23H40O2. The lowest BCUT2D eigenvalue weighted by Gasteiger charge is -2.29. The Morgan fingerprint density at radius 3 is 1.36 bits per heavy atom. The van der Waals surface area contributed by atoms with Crippen LogP contribution in [0.2, 0.25) is 0 Å². The second-order valence-electron chi connectivity index (χ2n) is 8.17. The molecule has 0 atom stereocenters. The third kappa shape index (κ3) is 8.55. The van der Waals surface area contributed by atoms with Gasteiger partial charge in [-0.05, 0) is 63.2 Å². The van der Waals surface area contributed by atoms with E-state index in [9.17, 15) is 0 Å². The number of unbranched alkanes of at least 4 members (excludes halogenated alkanes) is 2. The van der Waals surface area contributed by atoms with Crippen molar-refractivity contribution in [1.29, 1.82) is 0 Å². The maximum absolute atomic E-state index is 5.79. The summed E-state index contributed by atoms with van der Waals surface area (Å²) < 4.78 is 11.6. The zero-order chi connectivity index (χ0) is 17.7. The maximum atomic E-state index is 5.79. The first-order chi connectivity index (χ1) is 12.3. The lowest BCUT2D eigenvalue weighted by molar-refractivity contribution is 0.0326. The van der Waals surface area contributed by atoms with Crippen molar-refractivity contribution in [2.24, 2.45) is 11.8 Å². The van der Waals surface area contributed by atoms with Gasteiger partial charge in [-0.3, -0.25) is 0 Å². The monoisotopic (exact) mass is 348 g/mol. The fourth-order valence-electron chi connectivity index (χ4n) is 4.63. The zero-order valence-electron chi connectivity index (χ0n) is 16.3. The van der Waals surface area contributed by atoms with E-state index >= 15 is 0 Å². The first-order valence-corrected chi connectivity index (χ1v) is 10.8. The first-order valence-electron chi connectivity index (χ1n) is 10.8. The van der Waals surface area contributed by atoms with Gasteiger partial charge in [-0.25, -0.2) is 0 Å². The molecule has 2 aliphatic carbocycles. The molecule has 2 fully saturated rings. The van der Waals surface area contributed by atoms with Crippen molar-refractivity contribution in [2.45, 2.75) is 95.7 Å². The Kier molecular flexibility index (Phi) is 10.5. The highest BCUT2D eigenvalue weighted by atomic mass is 16.5. The van der Waals surface area contributed by atoms with Gasteiger partial charge in [-0.2, -0.15) is 0 Å². The van der Waals surface area contributed by atoms with Crippen LogP contribution in [0.5, 0.6) is 0 Å². The van der Waals surface area contributed by atoms with Crippen molar-refractivity contribution < 1.29 is 9.47 Å². The first kappa shape index (κ1) is 20.7. The van der Waals surface area contributed by atoms with Crippen LogP contribution in [-0.2, 0) is 9.47 Å². The molecule has 2 rings (SSSR count). The molecule has 0 heterocycles. The molecule has 144 valence electrons. The molecule has 0 aromatic heterocycles. The standard InChI is InChI=1S/C23H40O2/c1-3-18-24-22-14-10-20(11-15-22)8-6-5-7-9-21-12-16-23(17-13-21)25-19-4-2/h3-4,20-23H,1-2,5-19H2. The maximum Gasteiger partial charge on any atom is 0.0648 e. The number of ether oxygens (including phenoxy) is 2. The van der Waals surface area contributed by atoms with Crippen LogP contribution in [-0.4, -0.2) is 25.4 Å². The summed E-state index contributed by atoms with van der Waals surface area (Å²) >= 11 is 0. The Bertz CT molecular complexity index is 315. The molecule has 0 spiro atoms. The Hall–Kier alpha value is -0.600. The molecule has 0 amide bonds. The van der Waals surface area contributed by atoms with Crippen molar-refractivity contribution in [3.8, 4) is 0 Å². The summed E-state index contributed by atoms with van der Waals surface area (Å²) in [5.74, 6) is 1.92. The van der Waals surface area contributed by atoms with Crippen molar-refractivity contribution in [2.75, 3.05) is 13.2 Å². The number of hydrogen-bond acceptors (Lipinski definition) is 2. The SMILES string of the molecule is C=CCOC1CCC(CCCCCC2CCC(OCC=C)CC2)CC1. The van der Waals surface area contributed by atoms with E-state index in [0.717, 1.165) is 25.0 Å². The molecule has 0 saturated heterocycles. The summed E-state index contributed by atoms with van der Waals surface area (Å²) in [6.45, 7) is 8.90. The van der Waals surface area contributed by atoms with Crippen LogP contribution < -0.4 is 0 Å². The van der Waals surface area contributed by atoms with E-state index in [-0.39, 0.29) is 0 Å². The van der Waals surface area contributed by atoms with E-state index in [1.54, 1.807) is 0 Å². The van der Waals surface area contributed by atoms with Gasteiger partial charge in [0, 0.05) is 0 Å². The topological polar surface area (TPSA) is 18.5 Å². The fourth-order valence-corrected chi connectivity index (χ4v) is 4.63. The van der Waals surface area contributed by atoms with Gasteiger partial charge in [-0.1, -0.05) is 44.3 Å². The Morgan fingerprint density at radius 2 is 1.00 bits per heavy atom. The summed E-state index contributed by atoms with van der Waals surface area (Å²) in [5, 5.41) is 0. The van der Waals surface area contributed by atoms with Crippen LogP contribution in [0.4, 0.5) is 0 Å². The lowest BCUT2D eigenvalue weighted by atomic mass is 9.82. The van der Waals surface area contributed by atoms with E-state index in [0.29, 0.717) is 12.2 Å². The average Bonchev–Trinajstić information content (AvgIpc) is 2.66. The Morgan fingerprint density at radius 1 is 0.600 bits per heavy atom. The molecule has 2 heteroatoms. The van der Waals surface area contributed by atoms with Crippen LogP contribution in [0.25, 0.3) is 0 Å². The largest absolute Gasteiger partial charge is 0.374 e. The van der Waals surface area contributed by atoms with Crippen molar-refractivity contribution >= 4 is 0 Å². The van der Waals surface area contributed by atoms with Crippen molar-refractivity contribution in [3.63, 3.8) is 0 Å². The molecule has 2 nitrogen and oxygen atoms in total. The van der Waals surface area contributed by atoms with E-state index < -0.39 is 0 Å². The Balaban J connectivity index is 1.43. The second-order valence-corrected chi connectivity index (χ2v) is 8.17. The quantitative estimate of drug-likeness (QED) is 0.298. The third-order valence-electron chi connectivity index (χ3n) is 6.21. The molecule has 0 radical (unpaired) electrons. The molecule has 2 saturated carbocycles. The minimum absolute atomic E-state index is 0.500. The molecule has 2 aliphatic rings. The molecule has 0 aromatic rings. The van der Waals surface area contributed by atoms with Crippen LogP contribution in [0.15, 0.2) is 25.3 Å².